The number of amides is 1. The number of benzene rings is 1. The number of nitrogen functional groups attached to an aromatic ring is 1. The molecule has 2 N–H and O–H groups in total. The number of hydrogen-bond acceptors (Lipinski definition) is 7. The molecule has 0 bridgehead atoms. The number of carbonyl (C=O) groups is 1. The van der Waals surface area contributed by atoms with Gasteiger partial charge in [-0.05, 0) is 42.9 Å². The van der Waals surface area contributed by atoms with Crippen LogP contribution in [0.15, 0.2) is 53.4 Å². The van der Waals surface area contributed by atoms with Crippen molar-refractivity contribution in [1.29, 1.82) is 0 Å². The fourth-order valence-electron chi connectivity index (χ4n) is 4.22. The first-order valence-corrected chi connectivity index (χ1v) is 11.3. The van der Waals surface area contributed by atoms with E-state index in [1.165, 1.54) is 11.0 Å². The second kappa shape index (κ2) is 8.61. The first-order valence-electron chi connectivity index (χ1n) is 11.3. The van der Waals surface area contributed by atoms with Gasteiger partial charge in [0.25, 0.3) is 5.89 Å². The minimum atomic E-state index is -0.539. The van der Waals surface area contributed by atoms with Gasteiger partial charge in [0, 0.05) is 32.1 Å². The zero-order chi connectivity index (χ0) is 24.7. The molecule has 1 saturated carbocycles. The second-order valence-electron chi connectivity index (χ2n) is 9.28. The number of hydrogen-bond donors (Lipinski definition) is 1. The normalized spacial score (nSPS) is 15.1. The lowest BCUT2D eigenvalue weighted by Crippen LogP contribution is -2.28. The molecule has 0 saturated heterocycles. The van der Waals surface area contributed by atoms with E-state index in [-0.39, 0.29) is 18.3 Å². The van der Waals surface area contributed by atoms with Crippen LogP contribution in [0, 0.1) is 11.7 Å². The van der Waals surface area contributed by atoms with Gasteiger partial charge >= 0.3 is 0 Å². The molecule has 35 heavy (non-hydrogen) atoms. The van der Waals surface area contributed by atoms with Crippen LogP contribution in [0.1, 0.15) is 31.2 Å². The van der Waals surface area contributed by atoms with Crippen molar-refractivity contribution in [2.75, 3.05) is 19.8 Å². The first-order chi connectivity index (χ1) is 16.8. The smallest absolute Gasteiger partial charge is 0.261 e. The summed E-state index contributed by atoms with van der Waals surface area (Å²) >= 11 is 0. The molecule has 1 fully saturated rings. The Balaban J connectivity index is 1.42. The van der Waals surface area contributed by atoms with Crippen LogP contribution in [-0.4, -0.2) is 49.8 Å². The number of rotatable bonds is 7. The van der Waals surface area contributed by atoms with Crippen molar-refractivity contribution >= 4 is 11.7 Å². The maximum Gasteiger partial charge on any atom is 0.261 e. The third-order valence-corrected chi connectivity index (χ3v) is 6.65. The molecule has 1 aliphatic carbocycles. The highest BCUT2D eigenvalue weighted by Crippen LogP contribution is 2.50. The summed E-state index contributed by atoms with van der Waals surface area (Å²) < 4.78 is 21.0. The van der Waals surface area contributed by atoms with Crippen LogP contribution in [0.2, 0.25) is 0 Å². The Labute approximate surface area is 201 Å². The predicted octanol–water partition coefficient (Wildman–Crippen LogP) is 3.52. The molecule has 1 aromatic carbocycles. The lowest BCUT2D eigenvalue weighted by molar-refractivity contribution is -0.129. The van der Waals surface area contributed by atoms with Crippen LogP contribution in [0.3, 0.4) is 0 Å². The number of nitrogens with zero attached hydrogens (tertiary/aromatic N) is 6. The van der Waals surface area contributed by atoms with Gasteiger partial charge in [0.1, 0.15) is 6.54 Å². The standard InChI is InChI=1S/C25H26FN7O2/c1-25(19-8-9-19,18-6-4-15(5-7-18)16-10-20(26)22(27)28-11-16)24-30-23(35-31-24)17-12-29-33(13-17)14-21(34)32(2)3/h4-7,10-13,19H,8-9,14H2,1-3H3,(H2,27,28)/t25-/m0/s1. The number of carbonyl (C=O) groups excluding carboxylic acids is 1. The summed E-state index contributed by atoms with van der Waals surface area (Å²) in [5, 5.41) is 8.57. The average molecular weight is 476 g/mol. The molecule has 4 aromatic rings. The van der Waals surface area contributed by atoms with Crippen LogP contribution < -0.4 is 5.73 Å². The Morgan fingerprint density at radius 3 is 2.60 bits per heavy atom. The van der Waals surface area contributed by atoms with E-state index in [1.807, 2.05) is 24.3 Å². The Morgan fingerprint density at radius 1 is 1.20 bits per heavy atom. The van der Waals surface area contributed by atoms with Gasteiger partial charge < -0.3 is 15.2 Å². The number of anilines is 1. The van der Waals surface area contributed by atoms with E-state index in [9.17, 15) is 9.18 Å². The molecule has 3 heterocycles. The zero-order valence-electron chi connectivity index (χ0n) is 19.8. The van der Waals surface area contributed by atoms with E-state index < -0.39 is 11.2 Å². The topological polar surface area (TPSA) is 116 Å². The molecular weight excluding hydrogens is 449 g/mol. The van der Waals surface area contributed by atoms with Crippen LogP contribution in [-0.2, 0) is 16.8 Å². The monoisotopic (exact) mass is 475 g/mol. The molecule has 1 atom stereocenters. The fraction of sp³-hybridized carbons (Fsp3) is 0.320. The molecular formula is C25H26FN7O2. The number of pyridine rings is 1. The summed E-state index contributed by atoms with van der Waals surface area (Å²) in [4.78, 5) is 22.1. The SMILES string of the molecule is CN(C)C(=O)Cn1cc(-c2nc([C@@](C)(c3ccc(-c4cnc(N)c(F)c4)cc3)C3CC3)no2)cn1. The Hall–Kier alpha value is -4.08. The minimum Gasteiger partial charge on any atom is -0.381 e. The largest absolute Gasteiger partial charge is 0.381 e. The van der Waals surface area contributed by atoms with Gasteiger partial charge in [0.05, 0.1) is 17.2 Å². The van der Waals surface area contributed by atoms with Crippen LogP contribution in [0.5, 0.6) is 0 Å². The Bertz CT molecular complexity index is 1370. The van der Waals surface area contributed by atoms with Crippen molar-refractivity contribution in [3.05, 3.63) is 66.1 Å². The molecule has 0 radical (unpaired) electrons. The van der Waals surface area contributed by atoms with Gasteiger partial charge in [-0.3, -0.25) is 9.48 Å². The van der Waals surface area contributed by atoms with E-state index in [2.05, 4.69) is 22.2 Å². The lowest BCUT2D eigenvalue weighted by atomic mass is 9.76. The molecule has 10 heteroatoms. The molecule has 0 spiro atoms. The molecule has 5 rings (SSSR count). The van der Waals surface area contributed by atoms with Crippen LogP contribution in [0.4, 0.5) is 10.2 Å². The average Bonchev–Trinajstić information content (AvgIpc) is 3.41. The van der Waals surface area contributed by atoms with Crippen LogP contribution in [0.25, 0.3) is 22.6 Å². The van der Waals surface area contributed by atoms with E-state index in [4.69, 9.17) is 15.2 Å². The van der Waals surface area contributed by atoms with Gasteiger partial charge in [-0.1, -0.05) is 29.4 Å². The molecule has 9 nitrogen and oxygen atoms in total. The maximum atomic E-state index is 13.9. The number of nitrogens with two attached hydrogens (primary N) is 1. The van der Waals surface area contributed by atoms with Crippen molar-refractivity contribution in [3.8, 4) is 22.6 Å². The fourth-order valence-corrected chi connectivity index (χ4v) is 4.22. The Morgan fingerprint density at radius 2 is 1.94 bits per heavy atom. The maximum absolute atomic E-state index is 13.9. The Kier molecular flexibility index (Phi) is 5.58. The summed E-state index contributed by atoms with van der Waals surface area (Å²) in [5.74, 6) is 0.621. The van der Waals surface area contributed by atoms with Crippen molar-refractivity contribution in [3.63, 3.8) is 0 Å². The lowest BCUT2D eigenvalue weighted by Gasteiger charge is -2.27. The van der Waals surface area contributed by atoms with Gasteiger partial charge in [-0.2, -0.15) is 10.1 Å². The van der Waals surface area contributed by atoms with Crippen molar-refractivity contribution in [1.82, 2.24) is 29.8 Å². The predicted molar refractivity (Wildman–Crippen MR) is 127 cm³/mol. The zero-order valence-corrected chi connectivity index (χ0v) is 19.8. The summed E-state index contributed by atoms with van der Waals surface area (Å²) in [6.07, 6.45) is 7.04. The highest BCUT2D eigenvalue weighted by atomic mass is 19.1. The quantitative estimate of drug-likeness (QED) is 0.435. The van der Waals surface area contributed by atoms with Gasteiger partial charge in [0.2, 0.25) is 5.91 Å². The van der Waals surface area contributed by atoms with Crippen LogP contribution >= 0.6 is 0 Å². The summed E-state index contributed by atoms with van der Waals surface area (Å²) in [5.41, 5.74) is 8.26. The van der Waals surface area contributed by atoms with Crippen molar-refractivity contribution in [2.45, 2.75) is 31.7 Å². The molecule has 180 valence electrons. The summed E-state index contributed by atoms with van der Waals surface area (Å²) in [6.45, 7) is 2.26. The van der Waals surface area contributed by atoms with Gasteiger partial charge in [-0.25, -0.2) is 9.37 Å². The second-order valence-corrected chi connectivity index (χ2v) is 9.28. The first kappa shape index (κ1) is 22.7. The molecule has 1 amide bonds. The molecule has 0 aliphatic heterocycles. The van der Waals surface area contributed by atoms with Gasteiger partial charge in [0.15, 0.2) is 17.5 Å². The highest BCUT2D eigenvalue weighted by molar-refractivity contribution is 5.75. The van der Waals surface area contributed by atoms with Crippen molar-refractivity contribution < 1.29 is 13.7 Å². The molecule has 3 aromatic heterocycles. The van der Waals surface area contributed by atoms with Crippen molar-refractivity contribution in [2.24, 2.45) is 5.92 Å². The third-order valence-electron chi connectivity index (χ3n) is 6.65. The number of halogens is 1. The number of likely N-dealkylation sites (N-methyl/N-ethyl adjacent to an activating group) is 1. The van der Waals surface area contributed by atoms with E-state index >= 15 is 0 Å². The molecule has 1 aliphatic rings. The minimum absolute atomic E-state index is 0.0619. The number of aromatic nitrogens is 5. The summed E-state index contributed by atoms with van der Waals surface area (Å²) in [6, 6.07) is 9.30. The van der Waals surface area contributed by atoms with E-state index in [0.717, 1.165) is 24.0 Å². The third kappa shape index (κ3) is 4.27. The summed E-state index contributed by atoms with van der Waals surface area (Å²) in [7, 11) is 3.40. The molecule has 0 unspecified atom stereocenters. The van der Waals surface area contributed by atoms with E-state index in [0.29, 0.717) is 28.8 Å². The highest BCUT2D eigenvalue weighted by Gasteiger charge is 2.47. The van der Waals surface area contributed by atoms with E-state index in [1.54, 1.807) is 37.4 Å². The van der Waals surface area contributed by atoms with Gasteiger partial charge in [-0.15, -0.1) is 0 Å².